The van der Waals surface area contributed by atoms with Crippen LogP contribution in [0.1, 0.15) is 5.69 Å². The Morgan fingerprint density at radius 2 is 2.30 bits per heavy atom. The number of anilines is 1. The molecule has 0 aliphatic carbocycles. The highest BCUT2D eigenvalue weighted by Gasteiger charge is 2.04. The predicted octanol–water partition coefficient (Wildman–Crippen LogP) is 2.24. The predicted molar refractivity (Wildman–Crippen MR) is 81.6 cm³/mol. The molecule has 2 rings (SSSR count). The second kappa shape index (κ2) is 7.16. The average Bonchev–Trinajstić information content (AvgIpc) is 2.92. The molecule has 0 fully saturated rings. The van der Waals surface area contributed by atoms with E-state index in [0.717, 1.165) is 5.69 Å². The first-order valence-electron chi connectivity index (χ1n) is 6.00. The lowest BCUT2D eigenvalue weighted by atomic mass is 10.3. The molecular formula is C13H15N3O2S2. The fourth-order valence-electron chi connectivity index (χ4n) is 1.59. The highest BCUT2D eigenvalue weighted by atomic mass is 32.2. The number of urea groups is 1. The van der Waals surface area contributed by atoms with Crippen LogP contribution in [0, 0.1) is 0 Å². The molecule has 5 nitrogen and oxygen atoms in total. The minimum absolute atomic E-state index is 0.278. The minimum Gasteiger partial charge on any atom is -0.337 e. The smallest absolute Gasteiger partial charge is 0.319 e. The molecular weight excluding hydrogens is 294 g/mol. The maximum atomic E-state index is 11.7. The molecule has 7 heteroatoms. The second-order valence-electron chi connectivity index (χ2n) is 4.09. The molecule has 20 heavy (non-hydrogen) atoms. The Morgan fingerprint density at radius 1 is 1.45 bits per heavy atom. The van der Waals surface area contributed by atoms with E-state index in [1.54, 1.807) is 36.0 Å². The van der Waals surface area contributed by atoms with Gasteiger partial charge in [-0.05, 0) is 18.2 Å². The van der Waals surface area contributed by atoms with Crippen LogP contribution in [0.4, 0.5) is 10.5 Å². The third-order valence-electron chi connectivity index (χ3n) is 2.57. The standard InChI is InChI=1S/C13H15N3O2S2/c1-20(18)12-4-2-3-10(7-12)16-13(17)14-6-5-11-8-19-9-15-11/h2-4,7-9H,5-6H2,1H3,(H2,14,16,17). The van der Waals surface area contributed by atoms with Crippen LogP contribution in [-0.2, 0) is 17.2 Å². The number of amides is 2. The van der Waals surface area contributed by atoms with Crippen LogP contribution in [0.5, 0.6) is 0 Å². The van der Waals surface area contributed by atoms with Crippen molar-refractivity contribution in [2.75, 3.05) is 18.1 Å². The summed E-state index contributed by atoms with van der Waals surface area (Å²) in [6.07, 6.45) is 2.31. The van der Waals surface area contributed by atoms with Crippen molar-refractivity contribution in [1.29, 1.82) is 0 Å². The number of benzene rings is 1. The SMILES string of the molecule is CS(=O)c1cccc(NC(=O)NCCc2cscn2)c1. The first kappa shape index (κ1) is 14.7. The summed E-state index contributed by atoms with van der Waals surface area (Å²) in [5, 5.41) is 7.43. The van der Waals surface area contributed by atoms with Crippen molar-refractivity contribution < 1.29 is 9.00 Å². The highest BCUT2D eigenvalue weighted by Crippen LogP contribution is 2.12. The van der Waals surface area contributed by atoms with Crippen molar-refractivity contribution in [3.8, 4) is 0 Å². The topological polar surface area (TPSA) is 71.1 Å². The molecule has 1 aromatic carbocycles. The summed E-state index contributed by atoms with van der Waals surface area (Å²) >= 11 is 1.54. The maximum absolute atomic E-state index is 11.7. The van der Waals surface area contributed by atoms with E-state index in [1.807, 2.05) is 5.38 Å². The number of hydrogen-bond donors (Lipinski definition) is 2. The Bertz CT molecular complexity index is 599. The van der Waals surface area contributed by atoms with Crippen LogP contribution in [0.3, 0.4) is 0 Å². The average molecular weight is 309 g/mol. The number of carbonyl (C=O) groups excluding carboxylic acids is 1. The molecule has 0 bridgehead atoms. The summed E-state index contributed by atoms with van der Waals surface area (Å²) < 4.78 is 11.4. The van der Waals surface area contributed by atoms with E-state index in [2.05, 4.69) is 15.6 Å². The molecule has 2 aromatic rings. The van der Waals surface area contributed by atoms with Gasteiger partial charge >= 0.3 is 6.03 Å². The summed E-state index contributed by atoms with van der Waals surface area (Å²) in [5.74, 6) is 0. The van der Waals surface area contributed by atoms with Crippen LogP contribution in [0.2, 0.25) is 0 Å². The van der Waals surface area contributed by atoms with E-state index < -0.39 is 10.8 Å². The molecule has 1 aromatic heterocycles. The van der Waals surface area contributed by atoms with Crippen molar-refractivity contribution >= 4 is 33.9 Å². The van der Waals surface area contributed by atoms with Gasteiger partial charge in [0.25, 0.3) is 0 Å². The quantitative estimate of drug-likeness (QED) is 0.890. The van der Waals surface area contributed by atoms with Gasteiger partial charge in [-0.1, -0.05) is 6.07 Å². The number of thiazole rings is 1. The summed E-state index contributed by atoms with van der Waals surface area (Å²) in [6, 6.07) is 6.72. The molecule has 106 valence electrons. The molecule has 2 amide bonds. The van der Waals surface area contributed by atoms with E-state index in [4.69, 9.17) is 0 Å². The van der Waals surface area contributed by atoms with Crippen LogP contribution < -0.4 is 10.6 Å². The molecule has 0 spiro atoms. The summed E-state index contributed by atoms with van der Waals surface area (Å²) in [5.41, 5.74) is 3.37. The van der Waals surface area contributed by atoms with Gasteiger partial charge in [-0.2, -0.15) is 0 Å². The first-order valence-corrected chi connectivity index (χ1v) is 8.50. The van der Waals surface area contributed by atoms with Gasteiger partial charge in [0.2, 0.25) is 0 Å². The van der Waals surface area contributed by atoms with E-state index >= 15 is 0 Å². The van der Waals surface area contributed by atoms with Gasteiger partial charge in [0.1, 0.15) is 0 Å². The summed E-state index contributed by atoms with van der Waals surface area (Å²) in [7, 11) is -1.06. The third-order valence-corrected chi connectivity index (χ3v) is 4.13. The monoisotopic (exact) mass is 309 g/mol. The van der Waals surface area contributed by atoms with Crippen molar-refractivity contribution in [1.82, 2.24) is 10.3 Å². The minimum atomic E-state index is -1.06. The van der Waals surface area contributed by atoms with Crippen LogP contribution in [0.15, 0.2) is 40.1 Å². The van der Waals surface area contributed by atoms with Crippen molar-refractivity contribution in [3.63, 3.8) is 0 Å². The molecule has 1 heterocycles. The highest BCUT2D eigenvalue weighted by molar-refractivity contribution is 7.84. The first-order chi connectivity index (χ1) is 9.65. The zero-order valence-electron chi connectivity index (χ0n) is 11.0. The lowest BCUT2D eigenvalue weighted by Crippen LogP contribution is -2.30. The van der Waals surface area contributed by atoms with Crippen molar-refractivity contribution in [3.05, 3.63) is 40.8 Å². The molecule has 0 aliphatic rings. The van der Waals surface area contributed by atoms with Gasteiger partial charge in [0.05, 0.1) is 11.2 Å². The lowest BCUT2D eigenvalue weighted by Gasteiger charge is -2.07. The zero-order valence-corrected chi connectivity index (χ0v) is 12.6. The molecule has 0 aliphatic heterocycles. The van der Waals surface area contributed by atoms with Gasteiger partial charge < -0.3 is 10.6 Å². The van der Waals surface area contributed by atoms with E-state index in [9.17, 15) is 9.00 Å². The van der Waals surface area contributed by atoms with Gasteiger partial charge in [0.15, 0.2) is 0 Å². The lowest BCUT2D eigenvalue weighted by molar-refractivity contribution is 0.252. The van der Waals surface area contributed by atoms with Crippen LogP contribution in [0.25, 0.3) is 0 Å². The Kier molecular flexibility index (Phi) is 5.25. The summed E-state index contributed by atoms with van der Waals surface area (Å²) in [4.78, 5) is 16.5. The Balaban J connectivity index is 1.82. The largest absolute Gasteiger partial charge is 0.337 e. The zero-order chi connectivity index (χ0) is 14.4. The number of rotatable bonds is 5. The molecule has 0 saturated carbocycles. The fourth-order valence-corrected chi connectivity index (χ4v) is 2.75. The fraction of sp³-hybridized carbons (Fsp3) is 0.231. The van der Waals surface area contributed by atoms with Gasteiger partial charge in [-0.15, -0.1) is 11.3 Å². The summed E-state index contributed by atoms with van der Waals surface area (Å²) in [6.45, 7) is 0.523. The maximum Gasteiger partial charge on any atom is 0.319 e. The van der Waals surface area contributed by atoms with Gasteiger partial charge in [-0.3, -0.25) is 4.21 Å². The second-order valence-corrected chi connectivity index (χ2v) is 6.19. The Morgan fingerprint density at radius 3 is 3.00 bits per heavy atom. The third kappa shape index (κ3) is 4.43. The number of hydrogen-bond acceptors (Lipinski definition) is 4. The normalized spacial score (nSPS) is 11.8. The number of aromatic nitrogens is 1. The number of carbonyl (C=O) groups is 1. The van der Waals surface area contributed by atoms with Crippen molar-refractivity contribution in [2.24, 2.45) is 0 Å². The van der Waals surface area contributed by atoms with Gasteiger partial charge in [-0.25, -0.2) is 9.78 Å². The van der Waals surface area contributed by atoms with E-state index in [1.165, 1.54) is 11.3 Å². The van der Waals surface area contributed by atoms with E-state index in [0.29, 0.717) is 23.5 Å². The number of nitrogens with zero attached hydrogens (tertiary/aromatic N) is 1. The van der Waals surface area contributed by atoms with Gasteiger partial charge in [0, 0.05) is 46.0 Å². The van der Waals surface area contributed by atoms with Crippen molar-refractivity contribution in [2.45, 2.75) is 11.3 Å². The molecule has 0 radical (unpaired) electrons. The van der Waals surface area contributed by atoms with Crippen LogP contribution >= 0.6 is 11.3 Å². The molecule has 1 unspecified atom stereocenters. The number of nitrogens with one attached hydrogen (secondary N) is 2. The Labute approximate surface area is 123 Å². The Hall–Kier alpha value is -1.73. The molecule has 1 atom stereocenters. The molecule has 2 N–H and O–H groups in total. The molecule has 0 saturated heterocycles. The van der Waals surface area contributed by atoms with Crippen LogP contribution in [-0.4, -0.2) is 28.0 Å². The van der Waals surface area contributed by atoms with E-state index in [-0.39, 0.29) is 6.03 Å².